The van der Waals surface area contributed by atoms with Gasteiger partial charge in [0.25, 0.3) is 0 Å². The van der Waals surface area contributed by atoms with Crippen LogP contribution in [-0.4, -0.2) is 59.5 Å². The van der Waals surface area contributed by atoms with Gasteiger partial charge in [-0.15, -0.1) is 0 Å². The largest absolute Gasteiger partial charge is 0.464 e. The Bertz CT molecular complexity index is 254. The van der Waals surface area contributed by atoms with Crippen molar-refractivity contribution in [2.45, 2.75) is 89.8 Å². The number of hydrogen-bond donors (Lipinski definition) is 3. The monoisotopic (exact) mass is 325 g/mol. The molecule has 6 heteroatoms. The summed E-state index contributed by atoms with van der Waals surface area (Å²) < 4.78 is 4.98. The molecule has 0 aromatic heterocycles. The minimum Gasteiger partial charge on any atom is -0.464 e. The Kier molecular flexibility index (Phi) is 19.8. The van der Waals surface area contributed by atoms with Crippen LogP contribution < -0.4 is 11.5 Å². The van der Waals surface area contributed by atoms with Crippen LogP contribution in [-0.2, 0) is 9.53 Å². The fraction of sp³-hybridized carbons (Fsp3) is 0.938. The SMILES string of the molecule is CCCCCCCCCCCCOC(=O)C(O)CC(N)N.[Na]. The van der Waals surface area contributed by atoms with Crippen LogP contribution >= 0.6 is 0 Å². The number of aliphatic hydroxyl groups is 1. The van der Waals surface area contributed by atoms with Crippen LogP contribution in [0, 0.1) is 0 Å². The number of hydrogen-bond acceptors (Lipinski definition) is 5. The van der Waals surface area contributed by atoms with Crippen LogP contribution in [0.1, 0.15) is 77.6 Å². The van der Waals surface area contributed by atoms with Crippen LogP contribution in [0.5, 0.6) is 0 Å². The van der Waals surface area contributed by atoms with Gasteiger partial charge in [0.05, 0.1) is 12.8 Å². The molecule has 1 atom stereocenters. The zero-order chi connectivity index (χ0) is 15.9. The van der Waals surface area contributed by atoms with Crippen LogP contribution in [0.2, 0.25) is 0 Å². The first-order valence-corrected chi connectivity index (χ1v) is 8.43. The third-order valence-corrected chi connectivity index (χ3v) is 3.51. The molecule has 0 heterocycles. The second-order valence-corrected chi connectivity index (χ2v) is 5.76. The van der Waals surface area contributed by atoms with Gasteiger partial charge < -0.3 is 21.3 Å². The van der Waals surface area contributed by atoms with Crippen molar-refractivity contribution in [2.24, 2.45) is 11.5 Å². The number of aliphatic hydroxyl groups excluding tert-OH is 1. The van der Waals surface area contributed by atoms with Crippen LogP contribution in [0.25, 0.3) is 0 Å². The summed E-state index contributed by atoms with van der Waals surface area (Å²) in [5, 5.41) is 9.41. The van der Waals surface area contributed by atoms with E-state index < -0.39 is 18.2 Å². The number of carbonyl (C=O) groups is 1. The van der Waals surface area contributed by atoms with Crippen molar-refractivity contribution in [1.82, 2.24) is 0 Å². The Morgan fingerprint density at radius 2 is 1.41 bits per heavy atom. The molecule has 5 N–H and O–H groups in total. The van der Waals surface area contributed by atoms with E-state index >= 15 is 0 Å². The molecule has 22 heavy (non-hydrogen) atoms. The summed E-state index contributed by atoms with van der Waals surface area (Å²) >= 11 is 0. The van der Waals surface area contributed by atoms with E-state index in [0.717, 1.165) is 12.8 Å². The maximum absolute atomic E-state index is 11.4. The van der Waals surface area contributed by atoms with E-state index in [-0.39, 0.29) is 36.0 Å². The third kappa shape index (κ3) is 16.7. The second kappa shape index (κ2) is 17.7. The van der Waals surface area contributed by atoms with Crippen molar-refractivity contribution in [3.63, 3.8) is 0 Å². The van der Waals surface area contributed by atoms with Gasteiger partial charge in [0.2, 0.25) is 0 Å². The maximum Gasteiger partial charge on any atom is 0.335 e. The summed E-state index contributed by atoms with van der Waals surface area (Å²) in [5.74, 6) is -0.619. The van der Waals surface area contributed by atoms with Gasteiger partial charge in [0.15, 0.2) is 6.10 Å². The average Bonchev–Trinajstić information content (AvgIpc) is 2.43. The van der Waals surface area contributed by atoms with Gasteiger partial charge in [-0.05, 0) is 6.42 Å². The topological polar surface area (TPSA) is 98.6 Å². The Labute approximate surface area is 157 Å². The minimum absolute atomic E-state index is 0. The number of ether oxygens (including phenoxy) is 1. The summed E-state index contributed by atoms with van der Waals surface area (Å²) in [6.45, 7) is 2.60. The van der Waals surface area contributed by atoms with Crippen molar-refractivity contribution in [3.05, 3.63) is 0 Å². The van der Waals surface area contributed by atoms with Gasteiger partial charge >= 0.3 is 5.97 Å². The third-order valence-electron chi connectivity index (χ3n) is 3.51. The van der Waals surface area contributed by atoms with Gasteiger partial charge in [-0.3, -0.25) is 0 Å². The Morgan fingerprint density at radius 1 is 0.955 bits per heavy atom. The summed E-state index contributed by atoms with van der Waals surface area (Å²) in [5.41, 5.74) is 10.6. The predicted octanol–water partition coefficient (Wildman–Crippen LogP) is 2.06. The fourth-order valence-corrected chi connectivity index (χ4v) is 2.21. The first kappa shape index (κ1) is 24.6. The van der Waals surface area contributed by atoms with Crippen LogP contribution in [0.15, 0.2) is 0 Å². The van der Waals surface area contributed by atoms with Crippen molar-refractivity contribution in [3.8, 4) is 0 Å². The zero-order valence-corrected chi connectivity index (χ0v) is 16.6. The van der Waals surface area contributed by atoms with Crippen LogP contribution in [0.3, 0.4) is 0 Å². The molecule has 0 aromatic carbocycles. The molecule has 5 nitrogen and oxygen atoms in total. The number of nitrogens with two attached hydrogens (primary N) is 2. The first-order chi connectivity index (χ1) is 10.1. The molecule has 0 aliphatic heterocycles. The molecule has 0 fully saturated rings. The molecule has 0 rings (SSSR count). The molecule has 127 valence electrons. The smallest absolute Gasteiger partial charge is 0.335 e. The van der Waals surface area contributed by atoms with E-state index in [4.69, 9.17) is 16.2 Å². The van der Waals surface area contributed by atoms with E-state index in [1.54, 1.807) is 0 Å². The quantitative estimate of drug-likeness (QED) is 0.196. The molecule has 0 aromatic rings. The summed E-state index contributed by atoms with van der Waals surface area (Å²) in [4.78, 5) is 11.4. The predicted molar refractivity (Wildman–Crippen MR) is 91.3 cm³/mol. The summed E-state index contributed by atoms with van der Waals surface area (Å²) in [6.07, 6.45) is 10.5. The molecule has 0 bridgehead atoms. The molecule has 0 amide bonds. The molecule has 1 radical (unpaired) electrons. The zero-order valence-electron chi connectivity index (χ0n) is 14.6. The number of unbranched alkanes of at least 4 members (excludes halogenated alkanes) is 9. The molecular formula is C16H34N2NaO3. The van der Waals surface area contributed by atoms with E-state index in [9.17, 15) is 9.90 Å². The van der Waals surface area contributed by atoms with Gasteiger partial charge in [-0.1, -0.05) is 64.7 Å². The Hall–Kier alpha value is 0.350. The molecule has 0 saturated heterocycles. The van der Waals surface area contributed by atoms with Crippen molar-refractivity contribution < 1.29 is 14.6 Å². The summed E-state index contributed by atoms with van der Waals surface area (Å²) in [7, 11) is 0. The fourth-order valence-electron chi connectivity index (χ4n) is 2.21. The molecule has 0 saturated carbocycles. The Morgan fingerprint density at radius 3 is 1.86 bits per heavy atom. The molecule has 0 aliphatic carbocycles. The van der Waals surface area contributed by atoms with Gasteiger partial charge in [-0.2, -0.15) is 0 Å². The number of rotatable bonds is 14. The van der Waals surface area contributed by atoms with E-state index in [1.165, 1.54) is 51.4 Å². The van der Waals surface area contributed by atoms with Crippen molar-refractivity contribution in [2.75, 3.05) is 6.61 Å². The average molecular weight is 325 g/mol. The number of carbonyl (C=O) groups excluding carboxylic acids is 1. The molecule has 0 spiro atoms. The van der Waals surface area contributed by atoms with Crippen LogP contribution in [0.4, 0.5) is 0 Å². The normalized spacial score (nSPS) is 12.0. The van der Waals surface area contributed by atoms with Gasteiger partial charge in [0, 0.05) is 36.0 Å². The van der Waals surface area contributed by atoms with E-state index in [1.807, 2.05) is 0 Å². The molecule has 0 aliphatic rings. The number of esters is 1. The van der Waals surface area contributed by atoms with E-state index in [2.05, 4.69) is 6.92 Å². The van der Waals surface area contributed by atoms with Crippen molar-refractivity contribution in [1.29, 1.82) is 0 Å². The minimum atomic E-state index is -1.20. The Balaban J connectivity index is 0. The molecular weight excluding hydrogens is 291 g/mol. The first-order valence-electron chi connectivity index (χ1n) is 8.43. The van der Waals surface area contributed by atoms with Gasteiger partial charge in [-0.25, -0.2) is 4.79 Å². The second-order valence-electron chi connectivity index (χ2n) is 5.76. The molecule has 1 unspecified atom stereocenters. The standard InChI is InChI=1S/C16H34N2O3.Na/c1-2-3-4-5-6-7-8-9-10-11-12-21-16(20)14(19)13-15(17)18;/h14-15,19H,2-13,17-18H2,1H3;. The van der Waals surface area contributed by atoms with Crippen molar-refractivity contribution >= 4 is 35.5 Å². The van der Waals surface area contributed by atoms with E-state index in [0.29, 0.717) is 6.61 Å². The maximum atomic E-state index is 11.4. The van der Waals surface area contributed by atoms with Gasteiger partial charge in [0.1, 0.15) is 0 Å². The summed E-state index contributed by atoms with van der Waals surface area (Å²) in [6, 6.07) is 0.